The Morgan fingerprint density at radius 2 is 2.20 bits per heavy atom. The average Bonchev–Trinajstić information content (AvgIpc) is 3.07. The Morgan fingerprint density at radius 1 is 1.36 bits per heavy atom. The van der Waals surface area contributed by atoms with E-state index in [1.807, 2.05) is 24.3 Å². The summed E-state index contributed by atoms with van der Waals surface area (Å²) in [5, 5.41) is 16.4. The normalized spacial score (nSPS) is 29.7. The summed E-state index contributed by atoms with van der Waals surface area (Å²) in [6.45, 7) is 4.99. The number of aliphatic hydroxyl groups is 1. The first-order chi connectivity index (χ1) is 12.1. The van der Waals surface area contributed by atoms with Crippen LogP contribution in [0.2, 0.25) is 0 Å². The fourth-order valence-corrected chi connectivity index (χ4v) is 3.88. The minimum Gasteiger partial charge on any atom is -0.497 e. The molecule has 3 rings (SSSR count). The molecule has 0 bridgehead atoms. The summed E-state index contributed by atoms with van der Waals surface area (Å²) >= 11 is 0. The molecular formula is C19H32N4O2. The summed E-state index contributed by atoms with van der Waals surface area (Å²) in [4.78, 5) is 2.37. The third-order valence-corrected chi connectivity index (χ3v) is 5.46. The molecule has 1 aromatic carbocycles. The first-order valence-electron chi connectivity index (χ1n) is 9.35. The Balaban J connectivity index is 1.47. The van der Waals surface area contributed by atoms with Gasteiger partial charge >= 0.3 is 0 Å². The number of benzene rings is 1. The van der Waals surface area contributed by atoms with Gasteiger partial charge in [-0.2, -0.15) is 0 Å². The molecule has 0 amide bonds. The third-order valence-electron chi connectivity index (χ3n) is 5.46. The van der Waals surface area contributed by atoms with Crippen molar-refractivity contribution in [2.45, 2.75) is 50.5 Å². The third kappa shape index (κ3) is 4.71. The Labute approximate surface area is 151 Å². The van der Waals surface area contributed by atoms with Gasteiger partial charge in [-0.3, -0.25) is 15.6 Å². The summed E-state index contributed by atoms with van der Waals surface area (Å²) in [7, 11) is 3.81. The second-order valence-electron chi connectivity index (χ2n) is 7.40. The minimum absolute atomic E-state index is 0.316. The molecule has 4 atom stereocenters. The van der Waals surface area contributed by atoms with Crippen LogP contribution in [0.15, 0.2) is 24.3 Å². The van der Waals surface area contributed by atoms with Crippen molar-refractivity contribution in [2.24, 2.45) is 0 Å². The zero-order valence-electron chi connectivity index (χ0n) is 15.6. The van der Waals surface area contributed by atoms with Crippen LogP contribution >= 0.6 is 0 Å². The standard InChI is InChI=1S/C19H32N4O2/c1-14-9-10-23(21-14)16-7-8-19(22(2)13-16)20-12-18(24)15-5-4-6-17(11-15)25-3/h4-6,11,14,16,18-21,24H,7-10,12-13H2,1-3H3. The van der Waals surface area contributed by atoms with Crippen LogP contribution in [-0.2, 0) is 0 Å². The number of nitrogens with one attached hydrogen (secondary N) is 2. The predicted molar refractivity (Wildman–Crippen MR) is 99.3 cm³/mol. The van der Waals surface area contributed by atoms with Crippen LogP contribution in [0, 0.1) is 0 Å². The van der Waals surface area contributed by atoms with Crippen LogP contribution < -0.4 is 15.5 Å². The highest BCUT2D eigenvalue weighted by atomic mass is 16.5. The van der Waals surface area contributed by atoms with E-state index in [-0.39, 0.29) is 0 Å². The molecule has 0 aromatic heterocycles. The molecule has 3 N–H and O–H groups in total. The van der Waals surface area contributed by atoms with Gasteiger partial charge in [-0.1, -0.05) is 12.1 Å². The fraction of sp³-hybridized carbons (Fsp3) is 0.684. The molecule has 0 spiro atoms. The highest BCUT2D eigenvalue weighted by Crippen LogP contribution is 2.22. The zero-order chi connectivity index (χ0) is 17.8. The molecule has 6 heteroatoms. The van der Waals surface area contributed by atoms with Gasteiger partial charge in [0.05, 0.1) is 19.4 Å². The first-order valence-corrected chi connectivity index (χ1v) is 9.35. The van der Waals surface area contributed by atoms with E-state index in [1.54, 1.807) is 7.11 Å². The molecule has 2 aliphatic rings. The monoisotopic (exact) mass is 348 g/mol. The van der Waals surface area contributed by atoms with Gasteiger partial charge in [0.1, 0.15) is 5.75 Å². The summed E-state index contributed by atoms with van der Waals surface area (Å²) in [5.74, 6) is 0.779. The largest absolute Gasteiger partial charge is 0.497 e. The molecule has 0 aliphatic carbocycles. The molecule has 4 unspecified atom stereocenters. The molecule has 2 heterocycles. The number of nitrogens with zero attached hydrogens (tertiary/aromatic N) is 2. The number of hydrogen-bond donors (Lipinski definition) is 3. The van der Waals surface area contributed by atoms with Crippen molar-refractivity contribution < 1.29 is 9.84 Å². The minimum atomic E-state index is -0.526. The smallest absolute Gasteiger partial charge is 0.119 e. The van der Waals surface area contributed by atoms with Gasteiger partial charge in [0.2, 0.25) is 0 Å². The summed E-state index contributed by atoms with van der Waals surface area (Å²) in [6.07, 6.45) is 3.29. The van der Waals surface area contributed by atoms with E-state index in [9.17, 15) is 5.11 Å². The van der Waals surface area contributed by atoms with Gasteiger partial charge in [0.15, 0.2) is 0 Å². The number of likely N-dealkylation sites (N-methyl/N-ethyl adjacent to an activating group) is 1. The maximum absolute atomic E-state index is 10.5. The van der Waals surface area contributed by atoms with Gasteiger partial charge in [-0.15, -0.1) is 0 Å². The van der Waals surface area contributed by atoms with E-state index in [2.05, 4.69) is 34.6 Å². The van der Waals surface area contributed by atoms with Crippen LogP contribution in [0.25, 0.3) is 0 Å². The van der Waals surface area contributed by atoms with Crippen LogP contribution in [0.3, 0.4) is 0 Å². The lowest BCUT2D eigenvalue weighted by atomic mass is 10.0. The molecule has 140 valence electrons. The summed E-state index contributed by atoms with van der Waals surface area (Å²) in [6, 6.07) is 8.82. The van der Waals surface area contributed by atoms with E-state index in [0.29, 0.717) is 24.8 Å². The van der Waals surface area contributed by atoms with E-state index >= 15 is 0 Å². The maximum atomic E-state index is 10.5. The van der Waals surface area contributed by atoms with E-state index < -0.39 is 6.10 Å². The molecule has 2 fully saturated rings. The lowest BCUT2D eigenvalue weighted by molar-refractivity contribution is 0.0436. The van der Waals surface area contributed by atoms with E-state index in [1.165, 1.54) is 12.8 Å². The Morgan fingerprint density at radius 3 is 2.88 bits per heavy atom. The van der Waals surface area contributed by atoms with Crippen molar-refractivity contribution >= 4 is 0 Å². The Kier molecular flexibility index (Phi) is 6.30. The fourth-order valence-electron chi connectivity index (χ4n) is 3.88. The number of methoxy groups -OCH3 is 1. The molecule has 1 aromatic rings. The number of rotatable bonds is 6. The van der Waals surface area contributed by atoms with Crippen molar-refractivity contribution in [2.75, 3.05) is 33.8 Å². The molecule has 0 saturated carbocycles. The zero-order valence-corrected chi connectivity index (χ0v) is 15.6. The van der Waals surface area contributed by atoms with Crippen molar-refractivity contribution in [1.29, 1.82) is 0 Å². The molecule has 2 saturated heterocycles. The highest BCUT2D eigenvalue weighted by molar-refractivity contribution is 5.29. The van der Waals surface area contributed by atoms with Crippen molar-refractivity contribution in [3.05, 3.63) is 29.8 Å². The van der Waals surface area contributed by atoms with Gasteiger partial charge in [-0.25, -0.2) is 5.01 Å². The second kappa shape index (κ2) is 8.47. The van der Waals surface area contributed by atoms with Gasteiger partial charge < -0.3 is 9.84 Å². The van der Waals surface area contributed by atoms with Crippen LogP contribution in [0.1, 0.15) is 37.9 Å². The number of ether oxygens (including phenoxy) is 1. The topological polar surface area (TPSA) is 60.0 Å². The van der Waals surface area contributed by atoms with Gasteiger partial charge in [-0.05, 0) is 50.9 Å². The SMILES string of the molecule is COc1cccc(C(O)CNC2CCC(N3CCC(C)N3)CN2C)c1. The molecule has 2 aliphatic heterocycles. The van der Waals surface area contributed by atoms with Gasteiger partial charge in [0.25, 0.3) is 0 Å². The molecule has 0 radical (unpaired) electrons. The average molecular weight is 348 g/mol. The van der Waals surface area contributed by atoms with Crippen LogP contribution in [-0.4, -0.2) is 67.1 Å². The Bertz CT molecular complexity index is 556. The van der Waals surface area contributed by atoms with E-state index in [0.717, 1.165) is 30.8 Å². The first kappa shape index (κ1) is 18.6. The van der Waals surface area contributed by atoms with Crippen molar-refractivity contribution in [3.8, 4) is 5.75 Å². The number of likely N-dealkylation sites (tertiary alicyclic amines) is 1. The second-order valence-corrected chi connectivity index (χ2v) is 7.40. The summed E-state index contributed by atoms with van der Waals surface area (Å²) in [5.41, 5.74) is 4.46. The predicted octanol–water partition coefficient (Wildman–Crippen LogP) is 1.34. The maximum Gasteiger partial charge on any atom is 0.119 e. The van der Waals surface area contributed by atoms with Crippen LogP contribution in [0.4, 0.5) is 0 Å². The molecule has 25 heavy (non-hydrogen) atoms. The van der Waals surface area contributed by atoms with Crippen molar-refractivity contribution in [1.82, 2.24) is 20.7 Å². The lowest BCUT2D eigenvalue weighted by Gasteiger charge is -2.41. The van der Waals surface area contributed by atoms with E-state index in [4.69, 9.17) is 4.74 Å². The Hall–Kier alpha value is -1.18. The molecular weight excluding hydrogens is 316 g/mol. The van der Waals surface area contributed by atoms with Crippen LogP contribution in [0.5, 0.6) is 5.75 Å². The highest BCUT2D eigenvalue weighted by Gasteiger charge is 2.32. The lowest BCUT2D eigenvalue weighted by Crippen LogP contribution is -2.57. The quantitative estimate of drug-likeness (QED) is 0.721. The number of hydrogen-bond acceptors (Lipinski definition) is 6. The molecule has 6 nitrogen and oxygen atoms in total. The number of piperidine rings is 1. The number of aliphatic hydroxyl groups excluding tert-OH is 1. The van der Waals surface area contributed by atoms with Crippen molar-refractivity contribution in [3.63, 3.8) is 0 Å². The summed E-state index contributed by atoms with van der Waals surface area (Å²) < 4.78 is 5.23. The van der Waals surface area contributed by atoms with Gasteiger partial charge in [0, 0.05) is 31.7 Å². The number of hydrazine groups is 1.